The molecule has 0 spiro atoms. The molecule has 0 bridgehead atoms. The molecule has 0 aliphatic rings. The molecule has 6 heteroatoms. The van der Waals surface area contributed by atoms with Crippen molar-refractivity contribution in [2.75, 3.05) is 0 Å². The van der Waals surface area contributed by atoms with Crippen LogP contribution in [0.3, 0.4) is 0 Å². The molecule has 0 radical (unpaired) electrons. The third-order valence-corrected chi connectivity index (χ3v) is 4.85. The van der Waals surface area contributed by atoms with Crippen molar-refractivity contribution in [1.82, 2.24) is 15.1 Å². The average Bonchev–Trinajstić information content (AvgIpc) is 3.21. The Balaban J connectivity index is 1.50. The SMILES string of the molecule is N#Cc1ccc(CN(Cc2cccc(F)c2)Cc2nnc(Cc3ccccc3)o2)cc1. The molecule has 0 saturated carbocycles. The van der Waals surface area contributed by atoms with Crippen LogP contribution in [0, 0.1) is 17.1 Å². The molecule has 3 aromatic carbocycles. The summed E-state index contributed by atoms with van der Waals surface area (Å²) < 4.78 is 19.5. The molecule has 0 saturated heterocycles. The lowest BCUT2D eigenvalue weighted by atomic mass is 10.1. The Hall–Kier alpha value is -3.82. The molecule has 4 rings (SSSR count). The Kier molecular flexibility index (Phi) is 6.46. The van der Waals surface area contributed by atoms with E-state index in [4.69, 9.17) is 9.68 Å². The van der Waals surface area contributed by atoms with Crippen molar-refractivity contribution < 1.29 is 8.81 Å². The normalized spacial score (nSPS) is 10.9. The second kappa shape index (κ2) is 9.79. The van der Waals surface area contributed by atoms with E-state index < -0.39 is 0 Å². The molecule has 31 heavy (non-hydrogen) atoms. The topological polar surface area (TPSA) is 66.0 Å². The van der Waals surface area contributed by atoms with Crippen molar-refractivity contribution in [2.24, 2.45) is 0 Å². The van der Waals surface area contributed by atoms with Gasteiger partial charge in [0.1, 0.15) is 5.82 Å². The molecule has 0 fully saturated rings. The van der Waals surface area contributed by atoms with Gasteiger partial charge in [0.05, 0.1) is 24.6 Å². The molecule has 0 atom stereocenters. The van der Waals surface area contributed by atoms with E-state index >= 15 is 0 Å². The summed E-state index contributed by atoms with van der Waals surface area (Å²) in [6, 6.07) is 26.1. The Morgan fingerprint density at radius 2 is 1.48 bits per heavy atom. The van der Waals surface area contributed by atoms with Crippen LogP contribution in [0.15, 0.2) is 83.3 Å². The lowest BCUT2D eigenvalue weighted by Gasteiger charge is -2.21. The minimum atomic E-state index is -0.265. The Morgan fingerprint density at radius 3 is 2.23 bits per heavy atom. The molecule has 0 aliphatic carbocycles. The zero-order valence-electron chi connectivity index (χ0n) is 16.9. The van der Waals surface area contributed by atoms with Gasteiger partial charge in [-0.05, 0) is 41.0 Å². The van der Waals surface area contributed by atoms with E-state index in [2.05, 4.69) is 21.2 Å². The first-order chi connectivity index (χ1) is 15.2. The van der Waals surface area contributed by atoms with Gasteiger partial charge in [-0.15, -0.1) is 10.2 Å². The fraction of sp³-hybridized carbons (Fsp3) is 0.160. The summed E-state index contributed by atoms with van der Waals surface area (Å²) in [6.07, 6.45) is 0.577. The van der Waals surface area contributed by atoms with E-state index in [-0.39, 0.29) is 5.82 Å². The van der Waals surface area contributed by atoms with Gasteiger partial charge < -0.3 is 4.42 Å². The summed E-state index contributed by atoms with van der Waals surface area (Å²) in [5, 5.41) is 17.4. The van der Waals surface area contributed by atoms with Crippen LogP contribution in [0.2, 0.25) is 0 Å². The van der Waals surface area contributed by atoms with Gasteiger partial charge >= 0.3 is 0 Å². The van der Waals surface area contributed by atoms with Gasteiger partial charge in [-0.25, -0.2) is 4.39 Å². The summed E-state index contributed by atoms with van der Waals surface area (Å²) in [4.78, 5) is 2.11. The highest BCUT2D eigenvalue weighted by Gasteiger charge is 2.14. The van der Waals surface area contributed by atoms with Crippen LogP contribution in [-0.2, 0) is 26.1 Å². The molecule has 5 nitrogen and oxygen atoms in total. The number of benzene rings is 3. The molecule has 154 valence electrons. The molecular formula is C25H21FN4O. The number of nitriles is 1. The average molecular weight is 412 g/mol. The first-order valence-corrected chi connectivity index (χ1v) is 9.99. The first kappa shape index (κ1) is 20.5. The third kappa shape index (κ3) is 5.84. The van der Waals surface area contributed by atoms with E-state index in [1.165, 1.54) is 12.1 Å². The van der Waals surface area contributed by atoms with Crippen LogP contribution >= 0.6 is 0 Å². The van der Waals surface area contributed by atoms with Crippen LogP contribution in [0.4, 0.5) is 4.39 Å². The van der Waals surface area contributed by atoms with Gasteiger partial charge in [0.25, 0.3) is 0 Å². The summed E-state index contributed by atoms with van der Waals surface area (Å²) in [7, 11) is 0. The van der Waals surface area contributed by atoms with Crippen LogP contribution < -0.4 is 0 Å². The van der Waals surface area contributed by atoms with Gasteiger partial charge in [0.15, 0.2) is 0 Å². The maximum atomic E-state index is 13.7. The predicted molar refractivity (Wildman–Crippen MR) is 114 cm³/mol. The molecule has 4 aromatic rings. The lowest BCUT2D eigenvalue weighted by molar-refractivity contribution is 0.220. The molecular weight excluding hydrogens is 391 g/mol. The number of rotatable bonds is 8. The molecule has 1 heterocycles. The number of halogens is 1. The highest BCUT2D eigenvalue weighted by Crippen LogP contribution is 2.16. The Bertz CT molecular complexity index is 1170. The maximum Gasteiger partial charge on any atom is 0.230 e. The highest BCUT2D eigenvalue weighted by molar-refractivity contribution is 5.31. The molecule has 0 aliphatic heterocycles. The third-order valence-electron chi connectivity index (χ3n) is 4.85. The number of nitrogens with zero attached hydrogens (tertiary/aromatic N) is 4. The Morgan fingerprint density at radius 1 is 0.774 bits per heavy atom. The van der Waals surface area contributed by atoms with Crippen LogP contribution in [0.25, 0.3) is 0 Å². The van der Waals surface area contributed by atoms with E-state index in [1.54, 1.807) is 18.2 Å². The number of aromatic nitrogens is 2. The largest absolute Gasteiger partial charge is 0.424 e. The van der Waals surface area contributed by atoms with E-state index in [1.807, 2.05) is 48.5 Å². The quantitative estimate of drug-likeness (QED) is 0.413. The maximum absolute atomic E-state index is 13.7. The molecule has 0 amide bonds. The monoisotopic (exact) mass is 412 g/mol. The van der Waals surface area contributed by atoms with Crippen molar-refractivity contribution in [3.63, 3.8) is 0 Å². The van der Waals surface area contributed by atoms with Gasteiger partial charge in [0.2, 0.25) is 11.8 Å². The highest BCUT2D eigenvalue weighted by atomic mass is 19.1. The van der Waals surface area contributed by atoms with Gasteiger partial charge in [-0.1, -0.05) is 54.6 Å². The van der Waals surface area contributed by atoms with Crippen molar-refractivity contribution in [1.29, 1.82) is 5.26 Å². The van der Waals surface area contributed by atoms with Gasteiger partial charge in [-0.2, -0.15) is 5.26 Å². The molecule has 1 aromatic heterocycles. The summed E-state index contributed by atoms with van der Waals surface area (Å²) in [6.45, 7) is 1.55. The van der Waals surface area contributed by atoms with Crippen molar-refractivity contribution in [3.05, 3.63) is 119 Å². The first-order valence-electron chi connectivity index (χ1n) is 9.99. The van der Waals surface area contributed by atoms with Crippen LogP contribution in [-0.4, -0.2) is 15.1 Å². The van der Waals surface area contributed by atoms with E-state index in [0.717, 1.165) is 16.7 Å². The summed E-state index contributed by atoms with van der Waals surface area (Å²) in [5.41, 5.74) is 3.62. The van der Waals surface area contributed by atoms with Crippen molar-refractivity contribution in [3.8, 4) is 6.07 Å². The van der Waals surface area contributed by atoms with E-state index in [0.29, 0.717) is 43.4 Å². The smallest absolute Gasteiger partial charge is 0.230 e. The predicted octanol–water partition coefficient (Wildman–Crippen LogP) is 4.87. The van der Waals surface area contributed by atoms with Crippen molar-refractivity contribution in [2.45, 2.75) is 26.1 Å². The number of hydrogen-bond donors (Lipinski definition) is 0. The van der Waals surface area contributed by atoms with Crippen molar-refractivity contribution >= 4 is 0 Å². The summed E-state index contributed by atoms with van der Waals surface area (Å²) in [5.74, 6) is 0.806. The van der Waals surface area contributed by atoms with E-state index in [9.17, 15) is 4.39 Å². The Labute approximate surface area is 180 Å². The summed E-state index contributed by atoms with van der Waals surface area (Å²) >= 11 is 0. The second-order valence-electron chi connectivity index (χ2n) is 7.34. The second-order valence-corrected chi connectivity index (χ2v) is 7.34. The number of hydrogen-bond acceptors (Lipinski definition) is 5. The molecule has 0 N–H and O–H groups in total. The molecule has 0 unspecified atom stereocenters. The fourth-order valence-electron chi connectivity index (χ4n) is 3.39. The lowest BCUT2D eigenvalue weighted by Crippen LogP contribution is -2.22. The standard InChI is InChI=1S/C25H21FN4O/c26-23-8-4-7-22(13-23)17-30(16-21-11-9-20(15-27)10-12-21)18-25-29-28-24(31-25)14-19-5-2-1-3-6-19/h1-13H,14,16-18H2. The van der Waals surface area contributed by atoms with Crippen LogP contribution in [0.5, 0.6) is 0 Å². The van der Waals surface area contributed by atoms with Gasteiger partial charge in [0, 0.05) is 13.1 Å². The zero-order chi connectivity index (χ0) is 21.5. The minimum Gasteiger partial charge on any atom is -0.424 e. The zero-order valence-corrected chi connectivity index (χ0v) is 16.9. The fourth-order valence-corrected chi connectivity index (χ4v) is 3.39. The minimum absolute atomic E-state index is 0.265. The van der Waals surface area contributed by atoms with Gasteiger partial charge in [-0.3, -0.25) is 4.90 Å². The van der Waals surface area contributed by atoms with Crippen LogP contribution in [0.1, 0.15) is 34.0 Å².